The Hall–Kier alpha value is -2.77. The van der Waals surface area contributed by atoms with Crippen LogP contribution < -0.4 is 29.5 Å². The summed E-state index contributed by atoms with van der Waals surface area (Å²) in [6.07, 6.45) is 0. The van der Waals surface area contributed by atoms with Crippen LogP contribution in [0.5, 0.6) is 11.5 Å². The molecule has 1 atom stereocenters. The lowest BCUT2D eigenvalue weighted by Crippen LogP contribution is -3.27. The fraction of sp³-hybridized carbons (Fsp3) is 0.458. The van der Waals surface area contributed by atoms with Gasteiger partial charge in [0.1, 0.15) is 32.2 Å². The van der Waals surface area contributed by atoms with Gasteiger partial charge in [-0.2, -0.15) is 0 Å². The van der Waals surface area contributed by atoms with Gasteiger partial charge in [0, 0.05) is 30.9 Å². The maximum atomic E-state index is 12.9. The minimum Gasteiger partial charge on any atom is -0.493 e. The zero-order valence-electron chi connectivity index (χ0n) is 19.3. The van der Waals surface area contributed by atoms with E-state index in [-0.39, 0.29) is 11.9 Å². The zero-order valence-corrected chi connectivity index (χ0v) is 19.3. The Bertz CT molecular complexity index is 862. The number of carbonyl (C=O) groups is 1. The second-order valence-corrected chi connectivity index (χ2v) is 8.43. The molecule has 1 aliphatic rings. The van der Waals surface area contributed by atoms with Gasteiger partial charge in [-0.25, -0.2) is 0 Å². The minimum atomic E-state index is -0.102. The molecule has 0 aliphatic carbocycles. The lowest BCUT2D eigenvalue weighted by molar-refractivity contribution is -1.02. The standard InChI is InChI=1S/C24H34N4O3/c1-26(2)20-9-6-18(7-10-20)21(28-14-12-27(3)13-15-28)17-25-24(29)19-8-11-22(30-4)23(16-19)31-5/h6-11,16,21H,12-15,17H2,1-5H3,(H,25,29)/p+2/t21-/m0/s1. The molecule has 168 valence electrons. The number of nitrogens with one attached hydrogen (secondary N) is 3. The molecule has 7 nitrogen and oxygen atoms in total. The monoisotopic (exact) mass is 428 g/mol. The molecule has 0 radical (unpaired) electrons. The number of amides is 1. The highest BCUT2D eigenvalue weighted by Gasteiger charge is 2.30. The van der Waals surface area contributed by atoms with Gasteiger partial charge < -0.3 is 29.5 Å². The maximum absolute atomic E-state index is 12.9. The number of rotatable bonds is 8. The van der Waals surface area contributed by atoms with E-state index < -0.39 is 0 Å². The fourth-order valence-electron chi connectivity index (χ4n) is 4.12. The first-order valence-corrected chi connectivity index (χ1v) is 10.9. The van der Waals surface area contributed by atoms with Crippen molar-refractivity contribution in [3.05, 3.63) is 53.6 Å². The Morgan fingerprint density at radius 3 is 2.23 bits per heavy atom. The Labute approximate surface area is 185 Å². The summed E-state index contributed by atoms with van der Waals surface area (Å²) < 4.78 is 10.6. The highest BCUT2D eigenvalue weighted by atomic mass is 16.5. The smallest absolute Gasteiger partial charge is 0.251 e. The summed E-state index contributed by atoms with van der Waals surface area (Å²) in [5.74, 6) is 1.07. The molecule has 2 aromatic rings. The van der Waals surface area contributed by atoms with Crippen LogP contribution in [-0.4, -0.2) is 74.0 Å². The summed E-state index contributed by atoms with van der Waals surface area (Å²) in [6, 6.07) is 14.2. The summed E-state index contributed by atoms with van der Waals surface area (Å²) in [5, 5.41) is 3.16. The number of ether oxygens (including phenoxy) is 2. The largest absolute Gasteiger partial charge is 0.493 e. The van der Waals surface area contributed by atoms with Crippen LogP contribution in [0.25, 0.3) is 0 Å². The molecule has 3 N–H and O–H groups in total. The van der Waals surface area contributed by atoms with E-state index in [0.717, 1.165) is 26.2 Å². The summed E-state index contributed by atoms with van der Waals surface area (Å²) >= 11 is 0. The highest BCUT2D eigenvalue weighted by molar-refractivity contribution is 5.94. The molecule has 0 bridgehead atoms. The third kappa shape index (κ3) is 5.68. The van der Waals surface area contributed by atoms with E-state index >= 15 is 0 Å². The molecule has 0 unspecified atom stereocenters. The number of anilines is 1. The number of quaternary nitrogens is 2. The number of hydrogen-bond donors (Lipinski definition) is 3. The van der Waals surface area contributed by atoms with Gasteiger partial charge in [0.05, 0.1) is 27.8 Å². The first-order chi connectivity index (χ1) is 14.9. The van der Waals surface area contributed by atoms with E-state index in [1.54, 1.807) is 37.3 Å². The normalized spacial score (nSPS) is 19.4. The molecule has 1 saturated heterocycles. The first-order valence-electron chi connectivity index (χ1n) is 10.9. The molecular formula is C24H36N4O3+2. The molecule has 1 amide bonds. The summed E-state index contributed by atoms with van der Waals surface area (Å²) in [5.41, 5.74) is 3.00. The lowest BCUT2D eigenvalue weighted by Gasteiger charge is -2.33. The molecular weight excluding hydrogens is 392 g/mol. The molecule has 3 rings (SSSR count). The summed E-state index contributed by atoms with van der Waals surface area (Å²) in [7, 11) is 9.50. The molecule has 0 aromatic heterocycles. The van der Waals surface area contributed by atoms with Crippen molar-refractivity contribution >= 4 is 11.6 Å². The Morgan fingerprint density at radius 1 is 1.00 bits per heavy atom. The van der Waals surface area contributed by atoms with Crippen LogP contribution in [0.1, 0.15) is 22.0 Å². The van der Waals surface area contributed by atoms with E-state index in [2.05, 4.69) is 41.5 Å². The number of methoxy groups -OCH3 is 2. The van der Waals surface area contributed by atoms with Gasteiger partial charge in [0.2, 0.25) is 0 Å². The van der Waals surface area contributed by atoms with E-state index in [1.165, 1.54) is 16.2 Å². The number of likely N-dealkylation sites (N-methyl/N-ethyl adjacent to an activating group) is 1. The van der Waals surface area contributed by atoms with Crippen molar-refractivity contribution in [3.8, 4) is 11.5 Å². The average Bonchev–Trinajstić information content (AvgIpc) is 2.80. The summed E-state index contributed by atoms with van der Waals surface area (Å²) in [4.78, 5) is 18.1. The molecule has 0 spiro atoms. The lowest BCUT2D eigenvalue weighted by atomic mass is 10.0. The average molecular weight is 429 g/mol. The molecule has 1 heterocycles. The van der Waals surface area contributed by atoms with Crippen LogP contribution in [-0.2, 0) is 0 Å². The number of nitrogens with zero attached hydrogens (tertiary/aromatic N) is 1. The van der Waals surface area contributed by atoms with Crippen molar-refractivity contribution in [1.29, 1.82) is 0 Å². The van der Waals surface area contributed by atoms with Crippen LogP contribution in [0, 0.1) is 0 Å². The maximum Gasteiger partial charge on any atom is 0.251 e. The molecule has 0 saturated carbocycles. The molecule has 31 heavy (non-hydrogen) atoms. The van der Waals surface area contributed by atoms with Crippen molar-refractivity contribution in [3.63, 3.8) is 0 Å². The van der Waals surface area contributed by atoms with Gasteiger partial charge in [-0.1, -0.05) is 12.1 Å². The van der Waals surface area contributed by atoms with Gasteiger partial charge in [0.15, 0.2) is 11.5 Å². The van der Waals surface area contributed by atoms with Crippen LogP contribution in [0.3, 0.4) is 0 Å². The van der Waals surface area contributed by atoms with E-state index in [1.807, 2.05) is 14.1 Å². The van der Waals surface area contributed by atoms with Crippen molar-refractivity contribution in [1.82, 2.24) is 5.32 Å². The van der Waals surface area contributed by atoms with Crippen molar-refractivity contribution in [2.75, 3.05) is 73.0 Å². The van der Waals surface area contributed by atoms with Crippen molar-refractivity contribution in [2.24, 2.45) is 0 Å². The van der Waals surface area contributed by atoms with Crippen molar-refractivity contribution < 1.29 is 24.1 Å². The fourth-order valence-corrected chi connectivity index (χ4v) is 4.12. The Balaban J connectivity index is 1.76. The quantitative estimate of drug-likeness (QED) is 0.538. The predicted molar refractivity (Wildman–Crippen MR) is 123 cm³/mol. The zero-order chi connectivity index (χ0) is 22.4. The van der Waals surface area contributed by atoms with Crippen LogP contribution >= 0.6 is 0 Å². The number of hydrogen-bond acceptors (Lipinski definition) is 4. The minimum absolute atomic E-state index is 0.102. The topological polar surface area (TPSA) is 59.7 Å². The third-order valence-electron chi connectivity index (χ3n) is 6.16. The molecule has 7 heteroatoms. The van der Waals surface area contributed by atoms with Crippen LogP contribution in [0.4, 0.5) is 5.69 Å². The van der Waals surface area contributed by atoms with E-state index in [0.29, 0.717) is 23.6 Å². The Kier molecular flexibility index (Phi) is 7.76. The van der Waals surface area contributed by atoms with Crippen LogP contribution in [0.15, 0.2) is 42.5 Å². The third-order valence-corrected chi connectivity index (χ3v) is 6.16. The van der Waals surface area contributed by atoms with E-state index in [4.69, 9.17) is 9.47 Å². The number of piperazine rings is 1. The molecule has 2 aromatic carbocycles. The number of benzene rings is 2. The Morgan fingerprint density at radius 2 is 1.65 bits per heavy atom. The van der Waals surface area contributed by atoms with Gasteiger partial charge in [0.25, 0.3) is 5.91 Å². The molecule has 1 fully saturated rings. The predicted octanol–water partition coefficient (Wildman–Crippen LogP) is -0.346. The van der Waals surface area contributed by atoms with Gasteiger partial charge in [-0.15, -0.1) is 0 Å². The highest BCUT2D eigenvalue weighted by Crippen LogP contribution is 2.27. The van der Waals surface area contributed by atoms with Gasteiger partial charge in [-0.3, -0.25) is 4.79 Å². The number of carbonyl (C=O) groups excluding carboxylic acids is 1. The van der Waals surface area contributed by atoms with Crippen LogP contribution in [0.2, 0.25) is 0 Å². The SMILES string of the molecule is COc1ccc(C(=O)NC[C@@H](c2ccc(N(C)C)cc2)[NH+]2CC[NH+](C)CC2)cc1OC. The van der Waals surface area contributed by atoms with Gasteiger partial charge in [-0.05, 0) is 30.3 Å². The van der Waals surface area contributed by atoms with E-state index in [9.17, 15) is 4.79 Å². The first kappa shape index (κ1) is 22.9. The second kappa shape index (κ2) is 10.5. The molecule has 1 aliphatic heterocycles. The second-order valence-electron chi connectivity index (χ2n) is 8.43. The van der Waals surface area contributed by atoms with Gasteiger partial charge >= 0.3 is 0 Å². The summed E-state index contributed by atoms with van der Waals surface area (Å²) in [6.45, 7) is 5.07. The van der Waals surface area contributed by atoms with Crippen molar-refractivity contribution in [2.45, 2.75) is 6.04 Å².